The number of esters is 1. The van der Waals surface area contributed by atoms with Crippen LogP contribution in [0.2, 0.25) is 0 Å². The average Bonchev–Trinajstić information content (AvgIpc) is 2.59. The first-order valence-electron chi connectivity index (χ1n) is 10.8. The first-order chi connectivity index (χ1) is 11.7. The van der Waals surface area contributed by atoms with E-state index in [-0.39, 0.29) is 5.97 Å². The largest absolute Gasteiger partial charge is 0.469 e. The topological polar surface area (TPSA) is 26.3 Å². The van der Waals surface area contributed by atoms with Gasteiger partial charge in [-0.3, -0.25) is 4.79 Å². The normalized spacial score (nSPS) is 12.3. The molecule has 0 saturated carbocycles. The Kier molecular flexibility index (Phi) is 18.4. The molecule has 1 unspecified atom stereocenters. The Morgan fingerprint density at radius 3 is 1.58 bits per heavy atom. The van der Waals surface area contributed by atoms with Crippen molar-refractivity contribution in [2.24, 2.45) is 5.92 Å². The smallest absolute Gasteiger partial charge is 0.305 e. The molecule has 0 bridgehead atoms. The third kappa shape index (κ3) is 17.8. The van der Waals surface area contributed by atoms with Gasteiger partial charge in [-0.15, -0.1) is 0 Å². The van der Waals surface area contributed by atoms with Gasteiger partial charge in [0.1, 0.15) is 0 Å². The van der Waals surface area contributed by atoms with E-state index >= 15 is 0 Å². The van der Waals surface area contributed by atoms with Crippen LogP contribution >= 0.6 is 0 Å². The van der Waals surface area contributed by atoms with E-state index in [0.29, 0.717) is 6.42 Å². The summed E-state index contributed by atoms with van der Waals surface area (Å²) in [6.07, 6.45) is 22.3. The molecule has 0 spiro atoms. The van der Waals surface area contributed by atoms with Crippen molar-refractivity contribution >= 4 is 5.97 Å². The molecular weight excluding hydrogens is 296 g/mol. The van der Waals surface area contributed by atoms with Crippen molar-refractivity contribution in [3.8, 4) is 0 Å². The number of carbonyl (C=O) groups excluding carboxylic acids is 1. The fraction of sp³-hybridized carbons (Fsp3) is 0.955. The van der Waals surface area contributed by atoms with Gasteiger partial charge in [-0.2, -0.15) is 0 Å². The molecule has 0 aromatic rings. The van der Waals surface area contributed by atoms with Gasteiger partial charge in [0.25, 0.3) is 0 Å². The van der Waals surface area contributed by atoms with Gasteiger partial charge in [0.05, 0.1) is 7.11 Å². The average molecular weight is 341 g/mol. The summed E-state index contributed by atoms with van der Waals surface area (Å²) in [6, 6.07) is 0. The maximum absolute atomic E-state index is 11.0. The molecule has 0 aliphatic carbocycles. The van der Waals surface area contributed by atoms with Crippen LogP contribution in [-0.4, -0.2) is 13.1 Å². The molecule has 0 amide bonds. The molecule has 0 aliphatic heterocycles. The molecule has 0 N–H and O–H groups in total. The zero-order chi connectivity index (χ0) is 17.9. The van der Waals surface area contributed by atoms with E-state index in [1.165, 1.54) is 103 Å². The number of hydrogen-bond donors (Lipinski definition) is 0. The van der Waals surface area contributed by atoms with Crippen molar-refractivity contribution in [1.29, 1.82) is 0 Å². The van der Waals surface area contributed by atoms with E-state index in [1.807, 2.05) is 0 Å². The maximum atomic E-state index is 11.0. The quantitative estimate of drug-likeness (QED) is 0.191. The van der Waals surface area contributed by atoms with Gasteiger partial charge in [-0.1, -0.05) is 110 Å². The zero-order valence-electron chi connectivity index (χ0n) is 16.9. The summed E-state index contributed by atoms with van der Waals surface area (Å²) < 4.78 is 4.65. The van der Waals surface area contributed by atoms with Crippen LogP contribution in [0.15, 0.2) is 0 Å². The van der Waals surface area contributed by atoms with E-state index in [9.17, 15) is 4.79 Å². The maximum Gasteiger partial charge on any atom is 0.305 e. The van der Waals surface area contributed by atoms with Crippen LogP contribution in [0.25, 0.3) is 0 Å². The Morgan fingerprint density at radius 1 is 0.708 bits per heavy atom. The van der Waals surface area contributed by atoms with Gasteiger partial charge >= 0.3 is 5.97 Å². The number of ether oxygens (including phenoxy) is 1. The van der Waals surface area contributed by atoms with Gasteiger partial charge in [0, 0.05) is 6.42 Å². The van der Waals surface area contributed by atoms with Crippen LogP contribution in [-0.2, 0) is 9.53 Å². The summed E-state index contributed by atoms with van der Waals surface area (Å²) in [7, 11) is 1.47. The summed E-state index contributed by atoms with van der Waals surface area (Å²) in [6.45, 7) is 4.72. The van der Waals surface area contributed by atoms with Crippen molar-refractivity contribution in [3.05, 3.63) is 0 Å². The lowest BCUT2D eigenvalue weighted by molar-refractivity contribution is -0.140. The highest BCUT2D eigenvalue weighted by Crippen LogP contribution is 2.18. The first-order valence-corrected chi connectivity index (χ1v) is 10.8. The van der Waals surface area contributed by atoms with Crippen molar-refractivity contribution < 1.29 is 9.53 Å². The summed E-state index contributed by atoms with van der Waals surface area (Å²) in [5.74, 6) is 0.852. The van der Waals surface area contributed by atoms with Crippen molar-refractivity contribution in [2.45, 2.75) is 123 Å². The Hall–Kier alpha value is -0.530. The number of rotatable bonds is 18. The van der Waals surface area contributed by atoms with Gasteiger partial charge in [-0.25, -0.2) is 0 Å². The number of hydrogen-bond acceptors (Lipinski definition) is 2. The molecular formula is C22H44O2. The Labute approximate surface area is 152 Å². The monoisotopic (exact) mass is 340 g/mol. The number of carbonyl (C=O) groups is 1. The Balaban J connectivity index is 3.17. The van der Waals surface area contributed by atoms with E-state index in [0.717, 1.165) is 12.3 Å². The summed E-state index contributed by atoms with van der Waals surface area (Å²) in [5.41, 5.74) is 0. The summed E-state index contributed by atoms with van der Waals surface area (Å²) in [4.78, 5) is 11.0. The van der Waals surface area contributed by atoms with Crippen LogP contribution in [0.5, 0.6) is 0 Å². The van der Waals surface area contributed by atoms with Crippen molar-refractivity contribution in [3.63, 3.8) is 0 Å². The van der Waals surface area contributed by atoms with Crippen molar-refractivity contribution in [2.75, 3.05) is 7.11 Å². The molecule has 0 fully saturated rings. The zero-order valence-corrected chi connectivity index (χ0v) is 16.9. The van der Waals surface area contributed by atoms with Gasteiger partial charge < -0.3 is 4.74 Å². The number of methoxy groups -OCH3 is 1. The minimum Gasteiger partial charge on any atom is -0.469 e. The summed E-state index contributed by atoms with van der Waals surface area (Å²) >= 11 is 0. The lowest BCUT2D eigenvalue weighted by Crippen LogP contribution is -1.99. The molecule has 0 radical (unpaired) electrons. The molecule has 1 atom stereocenters. The molecule has 24 heavy (non-hydrogen) atoms. The Morgan fingerprint density at radius 2 is 1.12 bits per heavy atom. The van der Waals surface area contributed by atoms with E-state index in [4.69, 9.17) is 0 Å². The summed E-state index contributed by atoms with van der Waals surface area (Å²) in [5, 5.41) is 0. The third-order valence-electron chi connectivity index (χ3n) is 5.11. The molecule has 0 aliphatic rings. The SMILES string of the molecule is CCCCCCCCCC(C)CCCCCCCCCC(=O)OC. The molecule has 0 rings (SSSR count). The highest BCUT2D eigenvalue weighted by Gasteiger charge is 2.02. The van der Waals surface area contributed by atoms with Crippen LogP contribution in [0.1, 0.15) is 123 Å². The second kappa shape index (κ2) is 18.8. The first kappa shape index (κ1) is 23.5. The van der Waals surface area contributed by atoms with E-state index < -0.39 is 0 Å². The second-order valence-corrected chi connectivity index (χ2v) is 7.60. The minimum atomic E-state index is -0.0649. The molecule has 2 heteroatoms. The van der Waals surface area contributed by atoms with Crippen LogP contribution in [0.4, 0.5) is 0 Å². The minimum absolute atomic E-state index is 0.0649. The van der Waals surface area contributed by atoms with E-state index in [2.05, 4.69) is 18.6 Å². The Bertz CT molecular complexity index is 263. The molecule has 0 heterocycles. The highest BCUT2D eigenvalue weighted by molar-refractivity contribution is 5.68. The second-order valence-electron chi connectivity index (χ2n) is 7.60. The molecule has 0 saturated heterocycles. The fourth-order valence-electron chi connectivity index (χ4n) is 3.34. The third-order valence-corrected chi connectivity index (χ3v) is 5.11. The van der Waals surface area contributed by atoms with Crippen LogP contribution in [0, 0.1) is 5.92 Å². The van der Waals surface area contributed by atoms with Gasteiger partial charge in [0.2, 0.25) is 0 Å². The highest BCUT2D eigenvalue weighted by atomic mass is 16.5. The molecule has 0 aromatic carbocycles. The van der Waals surface area contributed by atoms with Gasteiger partial charge in [0.15, 0.2) is 0 Å². The molecule has 2 nitrogen and oxygen atoms in total. The van der Waals surface area contributed by atoms with Gasteiger partial charge in [-0.05, 0) is 12.3 Å². The molecule has 0 aromatic heterocycles. The molecule has 144 valence electrons. The lowest BCUT2D eigenvalue weighted by atomic mass is 9.96. The predicted molar refractivity (Wildman–Crippen MR) is 105 cm³/mol. The number of unbranched alkanes of at least 4 members (excludes halogenated alkanes) is 12. The van der Waals surface area contributed by atoms with Crippen LogP contribution < -0.4 is 0 Å². The van der Waals surface area contributed by atoms with Crippen molar-refractivity contribution in [1.82, 2.24) is 0 Å². The van der Waals surface area contributed by atoms with E-state index in [1.54, 1.807) is 0 Å². The standard InChI is InChI=1S/C22H44O2/c1-4-5-6-7-9-12-15-18-21(2)19-16-13-10-8-11-14-17-20-22(23)24-3/h21H,4-20H2,1-3H3. The predicted octanol–water partition coefficient (Wildman–Crippen LogP) is 7.45. The fourth-order valence-corrected chi connectivity index (χ4v) is 3.34. The van der Waals surface area contributed by atoms with Crippen LogP contribution in [0.3, 0.4) is 0 Å². The lowest BCUT2D eigenvalue weighted by Gasteiger charge is -2.11.